The lowest BCUT2D eigenvalue weighted by Gasteiger charge is -2.64. The molecule has 29 atom stereocenters. The predicted molar refractivity (Wildman–Crippen MR) is 273 cm³/mol. The molecule has 10 rings (SSSR count). The monoisotopic (exact) mass is 1200 g/mol. The SMILES string of the molecule is CO[C@H]1C(O)[C@H](O[C@H]2C(O)[C@H](O[C@@H]3C(C)O[C@@H](OC4[C@H](O[C@H]5CC[C@]6(C)C7=CC(O)C89C(=O)O[C@@](C)(C%10CCC(C)(C)O%10)[C@@]8(O)CC[C@@]9(C)C7CCC6C5(C)C)OC[C@@H](OS(=O)(=O)O)[C@H]4O)C(O)[C@@H]3O)OC(CO)[C@H]2O)OC(CO)[C@H]1O. The van der Waals surface area contributed by atoms with Crippen LogP contribution in [0.25, 0.3) is 0 Å². The van der Waals surface area contributed by atoms with Crippen LogP contribution in [0.3, 0.4) is 0 Å². The molecule has 3 saturated carbocycles. The summed E-state index contributed by atoms with van der Waals surface area (Å²) in [5, 5.41) is 125. The average Bonchev–Trinajstić information content (AvgIpc) is 1.46. The highest BCUT2D eigenvalue weighted by Crippen LogP contribution is 2.77. The number of methoxy groups -OCH3 is 1. The van der Waals surface area contributed by atoms with Gasteiger partial charge < -0.3 is 108 Å². The Labute approximate surface area is 475 Å². The number of hydrogen-bond acceptors (Lipinski definition) is 26. The summed E-state index contributed by atoms with van der Waals surface area (Å²) in [5.41, 5.74) is -6.49. The molecule has 4 aliphatic carbocycles. The van der Waals surface area contributed by atoms with Gasteiger partial charge in [0, 0.05) is 7.11 Å². The molecule has 1 spiro atoms. The van der Waals surface area contributed by atoms with Crippen LogP contribution in [-0.4, -0.2) is 254 Å². The molecule has 0 aromatic heterocycles. The highest BCUT2D eigenvalue weighted by Gasteiger charge is 2.87. The van der Waals surface area contributed by atoms with E-state index >= 15 is 0 Å². The van der Waals surface area contributed by atoms with Crippen molar-refractivity contribution in [1.82, 2.24) is 0 Å². The van der Waals surface area contributed by atoms with Gasteiger partial charge in [0.15, 0.2) is 30.8 Å². The van der Waals surface area contributed by atoms with Crippen LogP contribution >= 0.6 is 0 Å². The normalized spacial score (nSPS) is 53.6. The summed E-state index contributed by atoms with van der Waals surface area (Å²) < 4.78 is 104. The first-order valence-electron chi connectivity index (χ1n) is 28.6. The van der Waals surface area contributed by atoms with Crippen LogP contribution in [0, 0.1) is 33.5 Å². The lowest BCUT2D eigenvalue weighted by Crippen LogP contribution is -2.69. The van der Waals surface area contributed by atoms with Crippen molar-refractivity contribution in [3.63, 3.8) is 0 Å². The summed E-state index contributed by atoms with van der Waals surface area (Å²) in [4.78, 5) is 14.7. The molecule has 12 N–H and O–H groups in total. The van der Waals surface area contributed by atoms with E-state index in [1.54, 1.807) is 13.0 Å². The average molecular weight is 1200 g/mol. The van der Waals surface area contributed by atoms with Gasteiger partial charge >= 0.3 is 16.4 Å². The maximum atomic E-state index is 14.7. The van der Waals surface area contributed by atoms with Crippen LogP contribution in [0.4, 0.5) is 0 Å². The van der Waals surface area contributed by atoms with E-state index < -0.39 is 210 Å². The summed E-state index contributed by atoms with van der Waals surface area (Å²) >= 11 is 0. The van der Waals surface area contributed by atoms with Crippen molar-refractivity contribution >= 4 is 16.4 Å². The lowest BCUT2D eigenvalue weighted by molar-refractivity contribution is -0.389. The molecule has 12 unspecified atom stereocenters. The second-order valence-electron chi connectivity index (χ2n) is 26.5. The molecule has 28 heteroatoms. The van der Waals surface area contributed by atoms with E-state index in [1.807, 2.05) is 34.6 Å². The molecule has 0 bridgehead atoms. The minimum Gasteiger partial charge on any atom is -0.453 e. The Kier molecular flexibility index (Phi) is 17.0. The zero-order valence-corrected chi connectivity index (χ0v) is 48.4. The predicted octanol–water partition coefficient (Wildman–Crippen LogP) is -2.26. The summed E-state index contributed by atoms with van der Waals surface area (Å²) in [6.07, 6.45) is -29.1. The number of cyclic esters (lactones) is 1. The maximum Gasteiger partial charge on any atom is 0.397 e. The van der Waals surface area contributed by atoms with Gasteiger partial charge in [-0.05, 0) is 107 Å². The van der Waals surface area contributed by atoms with E-state index in [1.165, 1.54) is 14.0 Å². The van der Waals surface area contributed by atoms with Crippen LogP contribution in [0.15, 0.2) is 11.6 Å². The van der Waals surface area contributed by atoms with Crippen molar-refractivity contribution in [2.45, 2.75) is 259 Å². The number of aliphatic hydroxyl groups is 11. The van der Waals surface area contributed by atoms with E-state index in [0.717, 1.165) is 5.57 Å². The molecule has 0 amide bonds. The van der Waals surface area contributed by atoms with E-state index in [2.05, 4.69) is 6.92 Å². The molecule has 6 heterocycles. The number of hydrogen-bond donors (Lipinski definition) is 12. The molecule has 0 aromatic carbocycles. The standard InChI is InChI=1S/C54H86O27S/c1-22-39(76-45-38(64)41(33(59)26(20-56)74-45)77-44-37(63)40(70-9)32(58)25(19-55)73-44)35(61)36(62)43(72-22)78-42-34(60)27(81-82(67,68)69)21-71-46(42)75-30-13-15-50(6)24-18-29(57)54-47(65)80-52(8,31-12-14-48(2,3)79-31)53(54,66)17-16-51(54,7)23(24)10-11-28(50)49(30,4)5/h18,22-23,25-46,55-64,66H,10-17,19-21H2,1-9H3,(H,67,68,69)/t22?,23?,25?,26?,27-,28?,29?,30+,31?,32-,33-,34-,35+,36?,37?,38?,39-,40-,41-,42?,43+,44+,45+,46+,50-,51+,52+,53+,54?/m1/s1. The molecule has 9 fully saturated rings. The second-order valence-corrected chi connectivity index (χ2v) is 27.5. The Bertz CT molecular complexity index is 2490. The van der Waals surface area contributed by atoms with Gasteiger partial charge in [0.1, 0.15) is 103 Å². The van der Waals surface area contributed by atoms with Crippen molar-refractivity contribution in [2.75, 3.05) is 26.9 Å². The topological polar surface area (TPSA) is 405 Å². The quantitative estimate of drug-likeness (QED) is 0.0378. The van der Waals surface area contributed by atoms with Crippen LogP contribution in [-0.2, 0) is 71.5 Å². The van der Waals surface area contributed by atoms with Gasteiger partial charge in [-0.3, -0.25) is 9.35 Å². The van der Waals surface area contributed by atoms with Gasteiger partial charge in [0.05, 0.1) is 43.7 Å². The largest absolute Gasteiger partial charge is 0.453 e. The van der Waals surface area contributed by atoms with Gasteiger partial charge in [-0.15, -0.1) is 0 Å². The Morgan fingerprint density at radius 3 is 1.85 bits per heavy atom. The minimum absolute atomic E-state index is 0.131. The summed E-state index contributed by atoms with van der Waals surface area (Å²) in [6.45, 7) is 13.1. The molecule has 0 radical (unpaired) electrons. The number of fused-ring (bicyclic) bond motifs is 4. The molecular weight excluding hydrogens is 1110 g/mol. The number of carbonyl (C=O) groups excluding carboxylic acids is 1. The Hall–Kier alpha value is -1.76. The third kappa shape index (κ3) is 9.71. The van der Waals surface area contributed by atoms with Gasteiger partial charge in [0.2, 0.25) is 0 Å². The molecule has 6 saturated heterocycles. The fraction of sp³-hybridized carbons (Fsp3) is 0.944. The summed E-state index contributed by atoms with van der Waals surface area (Å²) in [5.74, 6) is -0.972. The number of aliphatic hydroxyl groups excluding tert-OH is 10. The van der Waals surface area contributed by atoms with Gasteiger partial charge in [-0.25, -0.2) is 4.18 Å². The fourth-order valence-corrected chi connectivity index (χ4v) is 17.5. The maximum absolute atomic E-state index is 14.7. The Morgan fingerprint density at radius 1 is 0.659 bits per heavy atom. The second kappa shape index (κ2) is 22.1. The highest BCUT2D eigenvalue weighted by atomic mass is 32.3. The van der Waals surface area contributed by atoms with E-state index in [9.17, 15) is 73.9 Å². The van der Waals surface area contributed by atoms with Crippen LogP contribution in [0.5, 0.6) is 0 Å². The molecule has 0 aromatic rings. The summed E-state index contributed by atoms with van der Waals surface area (Å²) in [7, 11) is -4.02. The Morgan fingerprint density at radius 2 is 1.26 bits per heavy atom. The Balaban J connectivity index is 0.852. The minimum atomic E-state index is -5.19. The van der Waals surface area contributed by atoms with Gasteiger partial charge in [-0.1, -0.05) is 39.3 Å². The van der Waals surface area contributed by atoms with Crippen LogP contribution in [0.2, 0.25) is 0 Å². The van der Waals surface area contributed by atoms with E-state index in [0.29, 0.717) is 44.9 Å². The zero-order chi connectivity index (χ0) is 60.0. The first-order chi connectivity index (χ1) is 38.2. The number of allylic oxidation sites excluding steroid dienone is 1. The van der Waals surface area contributed by atoms with Crippen molar-refractivity contribution < 1.29 is 130 Å². The van der Waals surface area contributed by atoms with Crippen LogP contribution in [0.1, 0.15) is 107 Å². The molecule has 6 aliphatic heterocycles. The van der Waals surface area contributed by atoms with E-state index in [4.69, 9.17) is 56.3 Å². The van der Waals surface area contributed by atoms with Crippen molar-refractivity contribution in [3.8, 4) is 0 Å². The number of ether oxygens (including phenoxy) is 11. The van der Waals surface area contributed by atoms with E-state index in [-0.39, 0.29) is 18.3 Å². The zero-order valence-electron chi connectivity index (χ0n) is 47.6. The van der Waals surface area contributed by atoms with Gasteiger partial charge in [-0.2, -0.15) is 8.42 Å². The number of carbonyl (C=O) groups is 1. The lowest BCUT2D eigenvalue weighted by atomic mass is 9.40. The van der Waals surface area contributed by atoms with Crippen molar-refractivity contribution in [3.05, 3.63) is 11.6 Å². The third-order valence-corrected chi connectivity index (χ3v) is 21.9. The van der Waals surface area contributed by atoms with Crippen molar-refractivity contribution in [2.24, 2.45) is 33.5 Å². The molecule has 27 nitrogen and oxygen atoms in total. The molecule has 82 heavy (non-hydrogen) atoms. The third-order valence-electron chi connectivity index (χ3n) is 21.4. The first-order valence-corrected chi connectivity index (χ1v) is 30.0. The summed E-state index contributed by atoms with van der Waals surface area (Å²) in [6, 6.07) is 0. The fourth-order valence-electron chi connectivity index (χ4n) is 17.0. The number of esters is 1. The van der Waals surface area contributed by atoms with Crippen molar-refractivity contribution in [1.29, 1.82) is 0 Å². The van der Waals surface area contributed by atoms with Gasteiger partial charge in [0.25, 0.3) is 0 Å². The first kappa shape index (κ1) is 63.3. The number of rotatable bonds is 14. The smallest absolute Gasteiger partial charge is 0.397 e. The molecule has 10 aliphatic rings. The van der Waals surface area contributed by atoms with Crippen LogP contribution < -0.4 is 0 Å². The highest BCUT2D eigenvalue weighted by molar-refractivity contribution is 7.80. The molecule has 470 valence electrons. The molecular formula is C54H86O27S.